The molecule has 0 aliphatic carbocycles. The smallest absolute Gasteiger partial charge is 0.311 e. The van der Waals surface area contributed by atoms with Crippen molar-refractivity contribution < 1.29 is 23.7 Å². The quantitative estimate of drug-likeness (QED) is 0.244. The van der Waals surface area contributed by atoms with Crippen LogP contribution in [0.2, 0.25) is 5.02 Å². The lowest BCUT2D eigenvalue weighted by atomic mass is 10.0. The van der Waals surface area contributed by atoms with E-state index in [1.54, 1.807) is 12.1 Å². The Labute approximate surface area is 180 Å². The van der Waals surface area contributed by atoms with E-state index in [0.717, 1.165) is 22.9 Å². The summed E-state index contributed by atoms with van der Waals surface area (Å²) < 4.78 is 11.0. The fourth-order valence-electron chi connectivity index (χ4n) is 2.88. The van der Waals surface area contributed by atoms with Gasteiger partial charge in [-0.15, -0.1) is 0 Å². The number of ketones is 1. The van der Waals surface area contributed by atoms with E-state index >= 15 is 0 Å². The minimum absolute atomic E-state index is 0.0340. The van der Waals surface area contributed by atoms with Crippen molar-refractivity contribution in [3.05, 3.63) is 91.7 Å². The highest BCUT2D eigenvalue weighted by molar-refractivity contribution is 6.30. The number of benzene rings is 1. The third-order valence-electron chi connectivity index (χ3n) is 4.35. The molecule has 31 heavy (non-hydrogen) atoms. The number of nitro groups is 1. The maximum atomic E-state index is 13.2. The van der Waals surface area contributed by atoms with Gasteiger partial charge in [-0.05, 0) is 30.3 Å². The van der Waals surface area contributed by atoms with Crippen LogP contribution in [0.25, 0.3) is 0 Å². The Hall–Kier alpha value is -3.92. The maximum absolute atomic E-state index is 13.2. The van der Waals surface area contributed by atoms with Gasteiger partial charge in [0.2, 0.25) is 0 Å². The van der Waals surface area contributed by atoms with E-state index in [1.165, 1.54) is 31.6 Å². The number of hydrogen-bond acceptors (Lipinski definition) is 7. The molecule has 1 unspecified atom stereocenters. The summed E-state index contributed by atoms with van der Waals surface area (Å²) >= 11 is 5.96. The van der Waals surface area contributed by atoms with Crippen LogP contribution < -0.4 is 15.6 Å². The fraction of sp³-hybridized carbons (Fsp3) is 0.150. The minimum Gasteiger partial charge on any atom is -0.490 e. The molecule has 0 aliphatic heterocycles. The number of carbonyl (C=O) groups excluding carboxylic acids is 2. The van der Waals surface area contributed by atoms with E-state index < -0.39 is 33.9 Å². The molecule has 3 rings (SSSR count). The molecule has 1 atom stereocenters. The lowest BCUT2D eigenvalue weighted by Gasteiger charge is -2.18. The average molecular weight is 446 g/mol. The van der Waals surface area contributed by atoms with E-state index in [1.807, 2.05) is 0 Å². The zero-order valence-electron chi connectivity index (χ0n) is 16.1. The Bertz CT molecular complexity index is 1190. The van der Waals surface area contributed by atoms with Gasteiger partial charge in [0.05, 0.1) is 29.9 Å². The number of carbonyl (C=O) groups is 2. The zero-order valence-corrected chi connectivity index (χ0v) is 16.9. The minimum atomic E-state index is -1.66. The number of methoxy groups -OCH3 is 1. The summed E-state index contributed by atoms with van der Waals surface area (Å²) in [5.74, 6) is -1.28. The van der Waals surface area contributed by atoms with Crippen molar-refractivity contribution in [2.24, 2.45) is 0 Å². The summed E-state index contributed by atoms with van der Waals surface area (Å²) in [6.45, 7) is -0.0340. The number of hydrogen-bond donors (Lipinski definition) is 1. The number of pyridine rings is 1. The highest BCUT2D eigenvalue weighted by Crippen LogP contribution is 2.29. The number of ether oxygens (including phenoxy) is 1. The highest BCUT2D eigenvalue weighted by atomic mass is 35.5. The third kappa shape index (κ3) is 4.81. The topological polar surface area (TPSA) is 134 Å². The van der Waals surface area contributed by atoms with Gasteiger partial charge in [0.25, 0.3) is 11.5 Å². The molecule has 1 N–H and O–H groups in total. The van der Waals surface area contributed by atoms with Crippen LogP contribution in [-0.2, 0) is 11.3 Å². The number of amides is 1. The standard InChI is InChI=1S/C20H16ClN3O7/c1-30-16-6-4-12(9-15(16)24(28)29)19(26)18(23-11-13(21)5-7-17(23)25)20(27)22-10-14-3-2-8-31-14/h2-9,11,18H,10H2,1H3,(H,22,27). The van der Waals surface area contributed by atoms with Crippen molar-refractivity contribution in [1.82, 2.24) is 9.88 Å². The number of nitrogens with one attached hydrogen (secondary N) is 1. The number of rotatable bonds is 8. The SMILES string of the molecule is COc1ccc(C(=O)C(C(=O)NCc2ccco2)n2cc(Cl)ccc2=O)cc1[N+](=O)[O-]. The fourth-order valence-corrected chi connectivity index (χ4v) is 3.05. The largest absolute Gasteiger partial charge is 0.490 e. The molecule has 1 amide bonds. The lowest BCUT2D eigenvalue weighted by Crippen LogP contribution is -2.41. The Morgan fingerprint density at radius 1 is 1.29 bits per heavy atom. The molecule has 3 aromatic rings. The van der Waals surface area contributed by atoms with Crippen molar-refractivity contribution in [3.63, 3.8) is 0 Å². The van der Waals surface area contributed by atoms with E-state index in [-0.39, 0.29) is 22.9 Å². The van der Waals surface area contributed by atoms with Crippen molar-refractivity contribution in [2.75, 3.05) is 7.11 Å². The first-order valence-corrected chi connectivity index (χ1v) is 9.24. The third-order valence-corrected chi connectivity index (χ3v) is 4.58. The second-order valence-corrected chi connectivity index (χ2v) is 6.74. The number of furan rings is 1. The summed E-state index contributed by atoms with van der Waals surface area (Å²) in [6, 6.07) is 7.52. The maximum Gasteiger partial charge on any atom is 0.311 e. The molecule has 0 bridgehead atoms. The monoisotopic (exact) mass is 445 g/mol. The average Bonchev–Trinajstić information content (AvgIpc) is 3.28. The van der Waals surface area contributed by atoms with Crippen LogP contribution in [0, 0.1) is 10.1 Å². The molecule has 2 heterocycles. The summed E-state index contributed by atoms with van der Waals surface area (Å²) in [4.78, 5) is 49.1. The van der Waals surface area contributed by atoms with Gasteiger partial charge < -0.3 is 14.5 Å². The van der Waals surface area contributed by atoms with Crippen LogP contribution >= 0.6 is 11.6 Å². The molecular weight excluding hydrogens is 430 g/mol. The molecule has 10 nitrogen and oxygen atoms in total. The number of nitrogens with zero attached hydrogens (tertiary/aromatic N) is 2. The summed E-state index contributed by atoms with van der Waals surface area (Å²) in [5.41, 5.74) is -1.27. The van der Waals surface area contributed by atoms with Gasteiger partial charge in [0, 0.05) is 23.9 Å². The van der Waals surface area contributed by atoms with E-state index in [2.05, 4.69) is 5.32 Å². The first kappa shape index (κ1) is 21.8. The van der Waals surface area contributed by atoms with E-state index in [0.29, 0.717) is 5.76 Å². The summed E-state index contributed by atoms with van der Waals surface area (Å²) in [7, 11) is 1.25. The molecule has 0 saturated heterocycles. The molecule has 0 radical (unpaired) electrons. The van der Waals surface area contributed by atoms with Gasteiger partial charge in [-0.25, -0.2) is 0 Å². The normalized spacial score (nSPS) is 11.5. The molecule has 0 spiro atoms. The summed E-state index contributed by atoms with van der Waals surface area (Å²) in [6.07, 6.45) is 2.57. The highest BCUT2D eigenvalue weighted by Gasteiger charge is 2.32. The zero-order chi connectivity index (χ0) is 22.5. The molecule has 0 aliphatic rings. The van der Waals surface area contributed by atoms with Gasteiger partial charge in [-0.2, -0.15) is 0 Å². The molecule has 0 saturated carbocycles. The Morgan fingerprint density at radius 2 is 2.06 bits per heavy atom. The van der Waals surface area contributed by atoms with Crippen LogP contribution in [-0.4, -0.2) is 28.3 Å². The van der Waals surface area contributed by atoms with Crippen LogP contribution in [0.15, 0.2) is 64.1 Å². The first-order valence-electron chi connectivity index (χ1n) is 8.86. The van der Waals surface area contributed by atoms with Crippen LogP contribution in [0.4, 0.5) is 5.69 Å². The number of halogens is 1. The van der Waals surface area contributed by atoms with E-state index in [4.69, 9.17) is 20.8 Å². The number of aromatic nitrogens is 1. The predicted molar refractivity (Wildman–Crippen MR) is 109 cm³/mol. The van der Waals surface area contributed by atoms with Gasteiger partial charge >= 0.3 is 5.69 Å². The molecule has 11 heteroatoms. The Balaban J connectivity index is 2.03. The molecule has 1 aromatic carbocycles. The number of nitro benzene ring substituents is 1. The van der Waals surface area contributed by atoms with Crippen molar-refractivity contribution in [3.8, 4) is 5.75 Å². The Kier molecular flexibility index (Phi) is 6.51. The van der Waals surface area contributed by atoms with Crippen molar-refractivity contribution >= 4 is 29.0 Å². The van der Waals surface area contributed by atoms with Gasteiger partial charge in [0.15, 0.2) is 17.6 Å². The lowest BCUT2D eigenvalue weighted by molar-refractivity contribution is -0.385. The van der Waals surface area contributed by atoms with Crippen molar-refractivity contribution in [1.29, 1.82) is 0 Å². The second-order valence-electron chi connectivity index (χ2n) is 6.30. The molecular formula is C20H16ClN3O7. The van der Waals surface area contributed by atoms with Crippen LogP contribution in [0.1, 0.15) is 22.2 Å². The van der Waals surface area contributed by atoms with Gasteiger partial charge in [-0.3, -0.25) is 29.1 Å². The molecule has 2 aromatic heterocycles. The van der Waals surface area contributed by atoms with Crippen molar-refractivity contribution in [2.45, 2.75) is 12.6 Å². The predicted octanol–water partition coefficient (Wildman–Crippen LogP) is 2.75. The van der Waals surface area contributed by atoms with Gasteiger partial charge in [0.1, 0.15) is 5.76 Å². The second kappa shape index (κ2) is 9.26. The number of Topliss-reactive ketones (excluding diaryl/α,β-unsaturated/α-hetero) is 1. The van der Waals surface area contributed by atoms with E-state index in [9.17, 15) is 24.5 Å². The summed E-state index contributed by atoms with van der Waals surface area (Å²) in [5, 5.41) is 14.0. The molecule has 0 fully saturated rings. The molecule has 160 valence electrons. The van der Waals surface area contributed by atoms with Gasteiger partial charge in [-0.1, -0.05) is 11.6 Å². The Morgan fingerprint density at radius 3 is 2.71 bits per heavy atom. The first-order chi connectivity index (χ1) is 14.8. The van der Waals surface area contributed by atoms with Crippen LogP contribution in [0.3, 0.4) is 0 Å². The van der Waals surface area contributed by atoms with Crippen LogP contribution in [0.5, 0.6) is 5.75 Å².